The van der Waals surface area contributed by atoms with Crippen molar-refractivity contribution in [1.29, 1.82) is 0 Å². The molecule has 0 saturated heterocycles. The molecule has 0 aliphatic heterocycles. The van der Waals surface area contributed by atoms with Crippen LogP contribution < -0.4 is 0 Å². The zero-order chi connectivity index (χ0) is 9.14. The minimum absolute atomic E-state index is 0.0116. The van der Waals surface area contributed by atoms with Crippen LogP contribution in [0.3, 0.4) is 0 Å². The summed E-state index contributed by atoms with van der Waals surface area (Å²) in [6.07, 6.45) is 1.35. The fourth-order valence-electron chi connectivity index (χ4n) is 1.03. The summed E-state index contributed by atoms with van der Waals surface area (Å²) in [6.45, 7) is 0.758. The predicted octanol–water partition coefficient (Wildman–Crippen LogP) is 3.01. The molecule has 0 spiro atoms. The van der Waals surface area contributed by atoms with E-state index in [9.17, 15) is 13.2 Å². The Kier molecular flexibility index (Phi) is 2.74. The van der Waals surface area contributed by atoms with E-state index in [2.05, 4.69) is 0 Å². The molecule has 3 heteroatoms. The Morgan fingerprint density at radius 3 is 2.50 bits per heavy atom. The van der Waals surface area contributed by atoms with Gasteiger partial charge in [-0.2, -0.15) is 0 Å². The molecule has 65 valence electrons. The molecule has 0 N–H and O–H groups in total. The van der Waals surface area contributed by atoms with Crippen LogP contribution in [0, 0.1) is 18.1 Å². The summed E-state index contributed by atoms with van der Waals surface area (Å²) in [5, 5.41) is 0. The molecule has 0 aromatic heterocycles. The largest absolute Gasteiger partial charge is 0.246 e. The number of halogens is 3. The Hall–Kier alpha value is -0.990. The van der Waals surface area contributed by atoms with Crippen molar-refractivity contribution in [1.82, 2.24) is 0 Å². The average Bonchev–Trinajstić information content (AvgIpc) is 2.09. The smallest absolute Gasteiger partial charge is 0.162 e. The first kappa shape index (κ1) is 9.10. The molecule has 0 fully saturated rings. The van der Waals surface area contributed by atoms with E-state index in [1.807, 2.05) is 0 Å². The van der Waals surface area contributed by atoms with Gasteiger partial charge in [0.15, 0.2) is 11.6 Å². The molecule has 0 aliphatic rings. The molecular weight excluding hydrogens is 165 g/mol. The van der Waals surface area contributed by atoms with Gasteiger partial charge >= 0.3 is 0 Å². The van der Waals surface area contributed by atoms with Gasteiger partial charge in [0.1, 0.15) is 6.67 Å². The van der Waals surface area contributed by atoms with Crippen LogP contribution >= 0.6 is 0 Å². The van der Waals surface area contributed by atoms with Crippen molar-refractivity contribution in [3.8, 4) is 0 Å². The highest BCUT2D eigenvalue weighted by atomic mass is 19.2. The maximum atomic E-state index is 12.9. The summed E-state index contributed by atoms with van der Waals surface area (Å²) < 4.78 is 37.6. The second kappa shape index (κ2) is 3.61. The molecule has 0 heterocycles. The first-order chi connectivity index (χ1) is 5.70. The van der Waals surface area contributed by atoms with Crippen LogP contribution in [-0.4, -0.2) is 0 Å². The summed E-state index contributed by atoms with van der Waals surface area (Å²) in [5.74, 6) is -1.92. The fourth-order valence-corrected chi connectivity index (χ4v) is 1.03. The minimum atomic E-state index is -0.979. The van der Waals surface area contributed by atoms with Gasteiger partial charge in [0.25, 0.3) is 0 Å². The van der Waals surface area contributed by atoms with Gasteiger partial charge in [-0.05, 0) is 18.1 Å². The zero-order valence-corrected chi connectivity index (χ0v) is 6.57. The molecule has 0 nitrogen and oxygen atoms in total. The van der Waals surface area contributed by atoms with Crippen LogP contribution in [0.25, 0.3) is 0 Å². The van der Waals surface area contributed by atoms with Gasteiger partial charge in [-0.3, -0.25) is 0 Å². The van der Waals surface area contributed by atoms with E-state index in [0.717, 1.165) is 6.07 Å². The molecule has 0 amide bonds. The van der Waals surface area contributed by atoms with Crippen LogP contribution in [-0.2, 0) is 6.67 Å². The van der Waals surface area contributed by atoms with Crippen molar-refractivity contribution in [2.45, 2.75) is 13.6 Å². The quantitative estimate of drug-likeness (QED) is 0.644. The van der Waals surface area contributed by atoms with Crippen LogP contribution in [0.1, 0.15) is 18.1 Å². The first-order valence-electron chi connectivity index (χ1n) is 3.53. The molecule has 1 aromatic carbocycles. The van der Waals surface area contributed by atoms with Gasteiger partial charge in [-0.25, -0.2) is 13.2 Å². The third-order valence-corrected chi connectivity index (χ3v) is 1.66. The highest BCUT2D eigenvalue weighted by molar-refractivity contribution is 5.34. The fraction of sp³-hybridized carbons (Fsp3) is 0.222. The normalized spacial score (nSPS) is 10.3. The maximum absolute atomic E-state index is 12.9. The van der Waals surface area contributed by atoms with E-state index in [-0.39, 0.29) is 11.1 Å². The number of alkyl halides is 1. The zero-order valence-electron chi connectivity index (χ0n) is 6.57. The Balaban J connectivity index is 3.25. The van der Waals surface area contributed by atoms with Crippen LogP contribution in [0.5, 0.6) is 0 Å². The standard InChI is InChI=1S/C9H8F3/c1-2-7-6(5-10)3-4-8(11)9(7)12/h2-4H,5H2,1H3. The van der Waals surface area contributed by atoms with Gasteiger partial charge in [0.05, 0.1) is 0 Å². The second-order valence-corrected chi connectivity index (χ2v) is 2.36. The number of hydrogen-bond donors (Lipinski definition) is 0. The minimum Gasteiger partial charge on any atom is -0.246 e. The van der Waals surface area contributed by atoms with Crippen molar-refractivity contribution >= 4 is 0 Å². The molecule has 0 unspecified atom stereocenters. The Labute approximate surface area is 69.0 Å². The lowest BCUT2D eigenvalue weighted by molar-refractivity contribution is 0.468. The van der Waals surface area contributed by atoms with E-state index < -0.39 is 18.3 Å². The Bertz CT molecular complexity index is 281. The topological polar surface area (TPSA) is 0 Å². The van der Waals surface area contributed by atoms with E-state index in [0.29, 0.717) is 0 Å². The van der Waals surface area contributed by atoms with Gasteiger partial charge in [0, 0.05) is 5.56 Å². The molecule has 12 heavy (non-hydrogen) atoms. The summed E-state index contributed by atoms with van der Waals surface area (Å²) in [4.78, 5) is 0. The highest BCUT2D eigenvalue weighted by Crippen LogP contribution is 2.19. The molecule has 1 rings (SSSR count). The molecule has 0 saturated carbocycles. The second-order valence-electron chi connectivity index (χ2n) is 2.36. The predicted molar refractivity (Wildman–Crippen MR) is 40.2 cm³/mol. The van der Waals surface area contributed by atoms with E-state index in [1.165, 1.54) is 19.4 Å². The number of benzene rings is 1. The molecule has 0 aliphatic carbocycles. The van der Waals surface area contributed by atoms with E-state index >= 15 is 0 Å². The lowest BCUT2D eigenvalue weighted by Crippen LogP contribution is -1.96. The highest BCUT2D eigenvalue weighted by Gasteiger charge is 2.11. The molecule has 1 radical (unpaired) electrons. The first-order valence-corrected chi connectivity index (χ1v) is 3.53. The van der Waals surface area contributed by atoms with Gasteiger partial charge in [-0.1, -0.05) is 13.0 Å². The van der Waals surface area contributed by atoms with Crippen LogP contribution in [0.15, 0.2) is 12.1 Å². The Morgan fingerprint density at radius 2 is 2.00 bits per heavy atom. The summed E-state index contributed by atoms with van der Waals surface area (Å²) >= 11 is 0. The molecule has 0 bridgehead atoms. The van der Waals surface area contributed by atoms with Crippen molar-refractivity contribution < 1.29 is 13.2 Å². The monoisotopic (exact) mass is 173 g/mol. The lowest BCUT2D eigenvalue weighted by atomic mass is 10.1. The van der Waals surface area contributed by atoms with Crippen LogP contribution in [0.2, 0.25) is 0 Å². The molecule has 0 atom stereocenters. The van der Waals surface area contributed by atoms with E-state index in [4.69, 9.17) is 0 Å². The molecule has 1 aromatic rings. The van der Waals surface area contributed by atoms with Crippen molar-refractivity contribution in [2.75, 3.05) is 0 Å². The summed E-state index contributed by atoms with van der Waals surface area (Å²) in [5.41, 5.74) is 0.189. The van der Waals surface area contributed by atoms with Crippen LogP contribution in [0.4, 0.5) is 13.2 Å². The van der Waals surface area contributed by atoms with E-state index in [1.54, 1.807) is 0 Å². The number of rotatable bonds is 2. The van der Waals surface area contributed by atoms with Crippen molar-refractivity contribution in [3.05, 3.63) is 41.3 Å². The Morgan fingerprint density at radius 1 is 1.33 bits per heavy atom. The van der Waals surface area contributed by atoms with Crippen molar-refractivity contribution in [3.63, 3.8) is 0 Å². The van der Waals surface area contributed by atoms with Gasteiger partial charge in [0.2, 0.25) is 0 Å². The van der Waals surface area contributed by atoms with Crippen molar-refractivity contribution in [2.24, 2.45) is 0 Å². The SMILES string of the molecule is C[CH]c1c(CF)ccc(F)c1F. The third kappa shape index (κ3) is 1.44. The summed E-state index contributed by atoms with van der Waals surface area (Å²) in [7, 11) is 0. The summed E-state index contributed by atoms with van der Waals surface area (Å²) in [6, 6.07) is 2.17. The van der Waals surface area contributed by atoms with Gasteiger partial charge in [-0.15, -0.1) is 0 Å². The average molecular weight is 173 g/mol. The van der Waals surface area contributed by atoms with Gasteiger partial charge < -0.3 is 0 Å². The molecular formula is C9H8F3. The number of hydrogen-bond acceptors (Lipinski definition) is 0. The maximum Gasteiger partial charge on any atom is 0.162 e. The third-order valence-electron chi connectivity index (χ3n) is 1.66. The lowest BCUT2D eigenvalue weighted by Gasteiger charge is -2.04.